The lowest BCUT2D eigenvalue weighted by Gasteiger charge is -2.12. The Labute approximate surface area is 118 Å². The Kier molecular flexibility index (Phi) is 4.45. The first-order chi connectivity index (χ1) is 9.62. The average Bonchev–Trinajstić information content (AvgIpc) is 2.46. The lowest BCUT2D eigenvalue weighted by molar-refractivity contribution is 0.393. The van der Waals surface area contributed by atoms with Gasteiger partial charge in [-0.25, -0.2) is 4.39 Å². The maximum atomic E-state index is 13.0. The lowest BCUT2D eigenvalue weighted by atomic mass is 10.1. The number of benzene rings is 2. The largest absolute Gasteiger partial charge is 0.497 e. The SMILES string of the molecule is COc1cc(CNc2ccc(F)cc2C)cc(OC)c1. The van der Waals surface area contributed by atoms with Crippen LogP contribution in [0.4, 0.5) is 10.1 Å². The fourth-order valence-electron chi connectivity index (χ4n) is 1.99. The van der Waals surface area contributed by atoms with Gasteiger partial charge in [-0.2, -0.15) is 0 Å². The molecule has 0 unspecified atom stereocenters. The van der Waals surface area contributed by atoms with Crippen molar-refractivity contribution in [1.29, 1.82) is 0 Å². The van der Waals surface area contributed by atoms with Crippen molar-refractivity contribution in [3.63, 3.8) is 0 Å². The molecule has 0 heterocycles. The number of anilines is 1. The van der Waals surface area contributed by atoms with Crippen molar-refractivity contribution in [2.24, 2.45) is 0 Å². The summed E-state index contributed by atoms with van der Waals surface area (Å²) in [4.78, 5) is 0. The quantitative estimate of drug-likeness (QED) is 0.901. The molecule has 1 N–H and O–H groups in total. The van der Waals surface area contributed by atoms with Gasteiger partial charge in [-0.1, -0.05) is 0 Å². The van der Waals surface area contributed by atoms with Crippen LogP contribution in [-0.4, -0.2) is 14.2 Å². The Balaban J connectivity index is 2.13. The van der Waals surface area contributed by atoms with Gasteiger partial charge < -0.3 is 14.8 Å². The molecule has 0 saturated heterocycles. The summed E-state index contributed by atoms with van der Waals surface area (Å²) in [7, 11) is 3.24. The normalized spacial score (nSPS) is 10.2. The van der Waals surface area contributed by atoms with E-state index in [0.29, 0.717) is 6.54 Å². The van der Waals surface area contributed by atoms with E-state index in [1.54, 1.807) is 20.3 Å². The van der Waals surface area contributed by atoms with Gasteiger partial charge in [0.25, 0.3) is 0 Å². The third-order valence-electron chi connectivity index (χ3n) is 3.08. The highest BCUT2D eigenvalue weighted by Gasteiger charge is 2.04. The fourth-order valence-corrected chi connectivity index (χ4v) is 1.99. The van der Waals surface area contributed by atoms with Gasteiger partial charge in [0.2, 0.25) is 0 Å². The molecule has 0 spiro atoms. The molecule has 0 aliphatic heterocycles. The van der Waals surface area contributed by atoms with Gasteiger partial charge in [-0.3, -0.25) is 0 Å². The third kappa shape index (κ3) is 3.41. The van der Waals surface area contributed by atoms with Crippen molar-refractivity contribution in [3.8, 4) is 11.5 Å². The molecule has 2 aromatic rings. The zero-order valence-corrected chi connectivity index (χ0v) is 11.9. The van der Waals surface area contributed by atoms with E-state index in [4.69, 9.17) is 9.47 Å². The van der Waals surface area contributed by atoms with E-state index < -0.39 is 0 Å². The zero-order chi connectivity index (χ0) is 14.5. The fraction of sp³-hybridized carbons (Fsp3) is 0.250. The van der Waals surface area contributed by atoms with Crippen molar-refractivity contribution in [2.45, 2.75) is 13.5 Å². The highest BCUT2D eigenvalue weighted by molar-refractivity contribution is 5.51. The topological polar surface area (TPSA) is 30.5 Å². The van der Waals surface area contributed by atoms with Crippen LogP contribution < -0.4 is 14.8 Å². The van der Waals surface area contributed by atoms with Crippen LogP contribution in [0.5, 0.6) is 11.5 Å². The molecule has 0 radical (unpaired) electrons. The van der Waals surface area contributed by atoms with Crippen LogP contribution in [-0.2, 0) is 6.54 Å². The van der Waals surface area contributed by atoms with Crippen LogP contribution in [0.2, 0.25) is 0 Å². The molecule has 20 heavy (non-hydrogen) atoms. The van der Waals surface area contributed by atoms with Crippen molar-refractivity contribution < 1.29 is 13.9 Å². The van der Waals surface area contributed by atoms with E-state index >= 15 is 0 Å². The summed E-state index contributed by atoms with van der Waals surface area (Å²) in [5.41, 5.74) is 2.82. The predicted molar refractivity (Wildman–Crippen MR) is 78.0 cm³/mol. The van der Waals surface area contributed by atoms with E-state index in [1.807, 2.05) is 25.1 Å². The van der Waals surface area contributed by atoms with Crippen molar-refractivity contribution >= 4 is 5.69 Å². The van der Waals surface area contributed by atoms with Gasteiger partial charge in [-0.05, 0) is 48.4 Å². The van der Waals surface area contributed by atoms with Gasteiger partial charge >= 0.3 is 0 Å². The lowest BCUT2D eigenvalue weighted by Crippen LogP contribution is -2.02. The summed E-state index contributed by atoms with van der Waals surface area (Å²) in [6, 6.07) is 10.4. The van der Waals surface area contributed by atoms with Gasteiger partial charge in [0, 0.05) is 18.3 Å². The van der Waals surface area contributed by atoms with Gasteiger partial charge in [0.15, 0.2) is 0 Å². The van der Waals surface area contributed by atoms with Gasteiger partial charge in [0.05, 0.1) is 14.2 Å². The van der Waals surface area contributed by atoms with E-state index in [0.717, 1.165) is 28.3 Å². The molecule has 2 aromatic carbocycles. The maximum Gasteiger partial charge on any atom is 0.123 e. The predicted octanol–water partition coefficient (Wildman–Crippen LogP) is 3.76. The summed E-state index contributed by atoms with van der Waals surface area (Å²) in [6.45, 7) is 2.48. The summed E-state index contributed by atoms with van der Waals surface area (Å²) in [5, 5.41) is 3.28. The van der Waals surface area contributed by atoms with Crippen LogP contribution in [0, 0.1) is 12.7 Å². The van der Waals surface area contributed by atoms with Crippen LogP contribution in [0.25, 0.3) is 0 Å². The molecule has 0 aromatic heterocycles. The minimum atomic E-state index is -0.226. The van der Waals surface area contributed by atoms with Crippen LogP contribution in [0.3, 0.4) is 0 Å². The zero-order valence-electron chi connectivity index (χ0n) is 11.9. The van der Waals surface area contributed by atoms with Crippen LogP contribution in [0.15, 0.2) is 36.4 Å². The number of rotatable bonds is 5. The Hall–Kier alpha value is -2.23. The molecule has 0 aliphatic rings. The number of ether oxygens (including phenoxy) is 2. The second-order valence-electron chi connectivity index (χ2n) is 4.53. The molecule has 0 fully saturated rings. The molecule has 0 bridgehead atoms. The molecular weight excluding hydrogens is 257 g/mol. The van der Waals surface area contributed by atoms with Gasteiger partial charge in [0.1, 0.15) is 17.3 Å². The Morgan fingerprint density at radius 3 is 2.20 bits per heavy atom. The Bertz CT molecular complexity index is 577. The van der Waals surface area contributed by atoms with E-state index in [9.17, 15) is 4.39 Å². The number of hydrogen-bond acceptors (Lipinski definition) is 3. The molecule has 3 nitrogen and oxygen atoms in total. The monoisotopic (exact) mass is 275 g/mol. The van der Waals surface area contributed by atoms with Crippen LogP contribution >= 0.6 is 0 Å². The molecule has 2 rings (SSSR count). The minimum Gasteiger partial charge on any atom is -0.497 e. The minimum absolute atomic E-state index is 0.226. The number of nitrogens with one attached hydrogen (secondary N) is 1. The highest BCUT2D eigenvalue weighted by Crippen LogP contribution is 2.24. The smallest absolute Gasteiger partial charge is 0.123 e. The van der Waals surface area contributed by atoms with Crippen molar-refractivity contribution in [2.75, 3.05) is 19.5 Å². The third-order valence-corrected chi connectivity index (χ3v) is 3.08. The van der Waals surface area contributed by atoms with Crippen molar-refractivity contribution in [1.82, 2.24) is 0 Å². The standard InChI is InChI=1S/C16H18FNO2/c1-11-6-13(17)4-5-16(11)18-10-12-7-14(19-2)9-15(8-12)20-3/h4-9,18H,10H2,1-3H3. The maximum absolute atomic E-state index is 13.0. The number of aryl methyl sites for hydroxylation is 1. The number of methoxy groups -OCH3 is 2. The molecular formula is C16H18FNO2. The Morgan fingerprint density at radius 1 is 1.00 bits per heavy atom. The second-order valence-corrected chi connectivity index (χ2v) is 4.53. The molecule has 4 heteroatoms. The summed E-state index contributed by atoms with van der Waals surface area (Å²) in [5.74, 6) is 1.27. The molecule has 106 valence electrons. The number of halogens is 1. The first-order valence-corrected chi connectivity index (χ1v) is 6.34. The molecule has 0 aliphatic carbocycles. The van der Waals surface area contributed by atoms with E-state index in [1.165, 1.54) is 12.1 Å². The Morgan fingerprint density at radius 2 is 1.65 bits per heavy atom. The summed E-state index contributed by atoms with van der Waals surface area (Å²) >= 11 is 0. The molecule has 0 saturated carbocycles. The molecule has 0 amide bonds. The first kappa shape index (κ1) is 14.2. The van der Waals surface area contributed by atoms with Crippen molar-refractivity contribution in [3.05, 3.63) is 53.3 Å². The second kappa shape index (κ2) is 6.28. The van der Waals surface area contributed by atoms with Gasteiger partial charge in [-0.15, -0.1) is 0 Å². The van der Waals surface area contributed by atoms with E-state index in [2.05, 4.69) is 5.32 Å². The molecule has 0 atom stereocenters. The summed E-state index contributed by atoms with van der Waals surface area (Å²) in [6.07, 6.45) is 0. The summed E-state index contributed by atoms with van der Waals surface area (Å²) < 4.78 is 23.5. The number of hydrogen-bond donors (Lipinski definition) is 1. The first-order valence-electron chi connectivity index (χ1n) is 6.34. The van der Waals surface area contributed by atoms with E-state index in [-0.39, 0.29) is 5.82 Å². The average molecular weight is 275 g/mol. The van der Waals surface area contributed by atoms with Crippen LogP contribution in [0.1, 0.15) is 11.1 Å². The highest BCUT2D eigenvalue weighted by atomic mass is 19.1.